The van der Waals surface area contributed by atoms with Crippen LogP contribution in [-0.2, 0) is 6.54 Å². The van der Waals surface area contributed by atoms with Crippen molar-refractivity contribution < 1.29 is 5.11 Å². The summed E-state index contributed by atoms with van der Waals surface area (Å²) in [5.41, 5.74) is 0.0204. The van der Waals surface area contributed by atoms with Crippen molar-refractivity contribution >= 4 is 0 Å². The Morgan fingerprint density at radius 3 is 3.00 bits per heavy atom. The van der Waals surface area contributed by atoms with Crippen molar-refractivity contribution in [3.63, 3.8) is 0 Å². The molecule has 88 valence electrons. The van der Waals surface area contributed by atoms with E-state index in [1.54, 1.807) is 22.9 Å². The van der Waals surface area contributed by atoms with Crippen LogP contribution in [0.1, 0.15) is 12.8 Å². The molecule has 1 aromatic rings. The van der Waals surface area contributed by atoms with Crippen LogP contribution >= 0.6 is 0 Å². The number of aliphatic hydroxyl groups is 1. The quantitative estimate of drug-likeness (QED) is 0.676. The van der Waals surface area contributed by atoms with Crippen LogP contribution in [0, 0.1) is 5.92 Å². The maximum absolute atomic E-state index is 11.4. The Bertz CT molecular complexity index is 385. The van der Waals surface area contributed by atoms with Gasteiger partial charge >= 0.3 is 0 Å². The number of hydrogen-bond acceptors (Lipinski definition) is 3. The average Bonchev–Trinajstić information content (AvgIpc) is 3.10. The molecule has 1 aromatic heterocycles. The Morgan fingerprint density at radius 2 is 2.31 bits per heavy atom. The van der Waals surface area contributed by atoms with Gasteiger partial charge in [0.05, 0.1) is 6.10 Å². The van der Waals surface area contributed by atoms with Gasteiger partial charge in [-0.3, -0.25) is 4.79 Å². The minimum Gasteiger partial charge on any atom is -0.392 e. The van der Waals surface area contributed by atoms with Gasteiger partial charge in [-0.05, 0) is 24.8 Å². The number of aromatic nitrogens is 1. The number of nitrogens with one attached hydrogen (secondary N) is 1. The molecule has 16 heavy (non-hydrogen) atoms. The summed E-state index contributed by atoms with van der Waals surface area (Å²) in [7, 11) is 0. The fourth-order valence-corrected chi connectivity index (χ4v) is 1.74. The molecular weight excluding hydrogens is 204 g/mol. The Morgan fingerprint density at radius 1 is 1.50 bits per heavy atom. The highest BCUT2D eigenvalue weighted by atomic mass is 16.3. The smallest absolute Gasteiger partial charge is 0.250 e. The van der Waals surface area contributed by atoms with Gasteiger partial charge in [0.2, 0.25) is 0 Å². The van der Waals surface area contributed by atoms with Crippen molar-refractivity contribution in [3.05, 3.63) is 34.7 Å². The highest BCUT2D eigenvalue weighted by molar-refractivity contribution is 4.93. The Hall–Kier alpha value is -1.13. The molecule has 4 heteroatoms. The van der Waals surface area contributed by atoms with Gasteiger partial charge in [-0.1, -0.05) is 6.07 Å². The third-order valence-corrected chi connectivity index (χ3v) is 2.95. The van der Waals surface area contributed by atoms with Crippen molar-refractivity contribution in [2.75, 3.05) is 13.1 Å². The number of nitrogens with zero attached hydrogens (tertiary/aromatic N) is 1. The fraction of sp³-hybridized carbons (Fsp3) is 0.583. The van der Waals surface area contributed by atoms with E-state index in [2.05, 4.69) is 5.32 Å². The number of aliphatic hydroxyl groups excluding tert-OH is 1. The summed E-state index contributed by atoms with van der Waals surface area (Å²) in [4.78, 5) is 11.4. The number of rotatable bonds is 6. The summed E-state index contributed by atoms with van der Waals surface area (Å²) in [5.74, 6) is 0.506. The molecule has 1 unspecified atom stereocenters. The standard InChI is InChI=1S/C12H18N2O2/c15-11(10-4-5-10)9-13-6-8-14-7-2-1-3-12(14)16/h1-3,7,10-11,13,15H,4-6,8-9H2. The predicted octanol–water partition coefficient (Wildman–Crippen LogP) is 0.209. The third kappa shape index (κ3) is 3.18. The van der Waals surface area contributed by atoms with Crippen LogP contribution < -0.4 is 10.9 Å². The zero-order valence-electron chi connectivity index (χ0n) is 9.30. The van der Waals surface area contributed by atoms with Crippen molar-refractivity contribution in [1.29, 1.82) is 0 Å². The van der Waals surface area contributed by atoms with Crippen LogP contribution in [-0.4, -0.2) is 28.9 Å². The molecule has 1 aliphatic carbocycles. The van der Waals surface area contributed by atoms with Gasteiger partial charge in [0.1, 0.15) is 0 Å². The Balaban J connectivity index is 1.68. The first-order valence-electron chi connectivity index (χ1n) is 5.81. The summed E-state index contributed by atoms with van der Waals surface area (Å²) in [6.45, 7) is 2.00. The first-order chi connectivity index (χ1) is 7.77. The monoisotopic (exact) mass is 222 g/mol. The molecule has 1 atom stereocenters. The van der Waals surface area contributed by atoms with E-state index in [4.69, 9.17) is 0 Å². The minimum absolute atomic E-state index is 0.0204. The van der Waals surface area contributed by atoms with Gasteiger partial charge in [0.15, 0.2) is 0 Å². The van der Waals surface area contributed by atoms with E-state index < -0.39 is 0 Å². The molecule has 1 heterocycles. The van der Waals surface area contributed by atoms with Gasteiger partial charge < -0.3 is 15.0 Å². The van der Waals surface area contributed by atoms with Gasteiger partial charge in [-0.25, -0.2) is 0 Å². The second kappa shape index (κ2) is 5.27. The van der Waals surface area contributed by atoms with Crippen LogP contribution in [0.3, 0.4) is 0 Å². The maximum atomic E-state index is 11.4. The van der Waals surface area contributed by atoms with E-state index in [-0.39, 0.29) is 11.7 Å². The second-order valence-electron chi connectivity index (χ2n) is 4.34. The lowest BCUT2D eigenvalue weighted by Gasteiger charge is -2.11. The van der Waals surface area contributed by atoms with Crippen LogP contribution in [0.15, 0.2) is 29.2 Å². The Labute approximate surface area is 94.9 Å². The van der Waals surface area contributed by atoms with Gasteiger partial charge in [-0.15, -0.1) is 0 Å². The number of hydrogen-bond donors (Lipinski definition) is 2. The summed E-state index contributed by atoms with van der Waals surface area (Å²) < 4.78 is 1.66. The second-order valence-corrected chi connectivity index (χ2v) is 4.34. The molecular formula is C12H18N2O2. The minimum atomic E-state index is -0.215. The van der Waals surface area contributed by atoms with E-state index in [1.165, 1.54) is 0 Å². The number of pyridine rings is 1. The molecule has 2 N–H and O–H groups in total. The van der Waals surface area contributed by atoms with Crippen molar-refractivity contribution in [2.45, 2.75) is 25.5 Å². The van der Waals surface area contributed by atoms with Gasteiger partial charge in [-0.2, -0.15) is 0 Å². The van der Waals surface area contributed by atoms with Crippen molar-refractivity contribution in [3.8, 4) is 0 Å². The van der Waals surface area contributed by atoms with Crippen molar-refractivity contribution in [2.24, 2.45) is 5.92 Å². The third-order valence-electron chi connectivity index (χ3n) is 2.95. The molecule has 0 aliphatic heterocycles. The van der Waals surface area contributed by atoms with E-state index in [0.29, 0.717) is 25.6 Å². The van der Waals surface area contributed by atoms with E-state index >= 15 is 0 Å². The van der Waals surface area contributed by atoms with Crippen LogP contribution in [0.4, 0.5) is 0 Å². The molecule has 0 spiro atoms. The van der Waals surface area contributed by atoms with Crippen LogP contribution in [0.2, 0.25) is 0 Å². The molecule has 2 rings (SSSR count). The lowest BCUT2D eigenvalue weighted by molar-refractivity contribution is 0.148. The summed E-state index contributed by atoms with van der Waals surface area (Å²) >= 11 is 0. The van der Waals surface area contributed by atoms with Crippen LogP contribution in [0.5, 0.6) is 0 Å². The highest BCUT2D eigenvalue weighted by Gasteiger charge is 2.28. The summed E-state index contributed by atoms with van der Waals surface area (Å²) in [5, 5.41) is 12.8. The molecule has 0 radical (unpaired) electrons. The first-order valence-corrected chi connectivity index (χ1v) is 5.81. The molecule has 0 bridgehead atoms. The first kappa shape index (κ1) is 11.4. The largest absolute Gasteiger partial charge is 0.392 e. The lowest BCUT2D eigenvalue weighted by Crippen LogP contribution is -2.32. The summed E-state index contributed by atoms with van der Waals surface area (Å²) in [6.07, 6.45) is 3.87. The zero-order chi connectivity index (χ0) is 11.4. The normalized spacial score (nSPS) is 17.3. The topological polar surface area (TPSA) is 54.3 Å². The van der Waals surface area contributed by atoms with E-state index in [9.17, 15) is 9.90 Å². The van der Waals surface area contributed by atoms with E-state index in [1.807, 2.05) is 6.07 Å². The molecule has 1 aliphatic rings. The van der Waals surface area contributed by atoms with Crippen molar-refractivity contribution in [1.82, 2.24) is 9.88 Å². The Kier molecular flexibility index (Phi) is 3.74. The highest BCUT2D eigenvalue weighted by Crippen LogP contribution is 2.32. The average molecular weight is 222 g/mol. The van der Waals surface area contributed by atoms with E-state index in [0.717, 1.165) is 12.8 Å². The predicted molar refractivity (Wildman–Crippen MR) is 62.3 cm³/mol. The molecule has 1 saturated carbocycles. The fourth-order valence-electron chi connectivity index (χ4n) is 1.74. The molecule has 0 saturated heterocycles. The van der Waals surface area contributed by atoms with Crippen LogP contribution in [0.25, 0.3) is 0 Å². The zero-order valence-corrected chi connectivity index (χ0v) is 9.30. The van der Waals surface area contributed by atoms with Gasteiger partial charge in [0.25, 0.3) is 5.56 Å². The SMILES string of the molecule is O=c1ccccn1CCNCC(O)C1CC1. The molecule has 0 aromatic carbocycles. The summed E-state index contributed by atoms with van der Waals surface area (Å²) in [6, 6.07) is 5.14. The molecule has 4 nitrogen and oxygen atoms in total. The van der Waals surface area contributed by atoms with Gasteiger partial charge in [0, 0.05) is 31.9 Å². The lowest BCUT2D eigenvalue weighted by atomic mass is 10.2. The molecule has 0 amide bonds. The molecule has 1 fully saturated rings. The maximum Gasteiger partial charge on any atom is 0.250 e.